The zero-order valence-corrected chi connectivity index (χ0v) is 11.2. The Bertz CT molecular complexity index is 827. The Morgan fingerprint density at radius 1 is 0.947 bits per heavy atom. The van der Waals surface area contributed by atoms with Gasteiger partial charge in [-0.2, -0.15) is 5.10 Å². The number of hydrogen-bond acceptors (Lipinski definition) is 2. The Balaban J connectivity index is 2.41. The summed E-state index contributed by atoms with van der Waals surface area (Å²) in [6.07, 6.45) is 0. The number of nitrogens with one attached hydrogen (secondary N) is 1. The Morgan fingerprint density at radius 3 is 2.47 bits per heavy atom. The molecule has 1 heterocycles. The zero-order chi connectivity index (χ0) is 13.4. The minimum absolute atomic E-state index is 0.225. The first-order valence-electron chi connectivity index (χ1n) is 5.60. The average Bonchev–Trinajstić information content (AvgIpc) is 2.43. The topological polar surface area (TPSA) is 45.8 Å². The number of halogens is 2. The second-order valence-electron chi connectivity index (χ2n) is 4.05. The van der Waals surface area contributed by atoms with Crippen LogP contribution in [-0.4, -0.2) is 10.2 Å². The molecule has 2 aromatic carbocycles. The van der Waals surface area contributed by atoms with Gasteiger partial charge in [-0.1, -0.05) is 53.5 Å². The van der Waals surface area contributed by atoms with Crippen LogP contribution in [0.3, 0.4) is 0 Å². The number of aromatic nitrogens is 2. The Labute approximate surface area is 118 Å². The molecule has 0 atom stereocenters. The molecular weight excluding hydrogens is 283 g/mol. The smallest absolute Gasteiger partial charge is 0.267 e. The van der Waals surface area contributed by atoms with E-state index in [-0.39, 0.29) is 5.56 Å². The summed E-state index contributed by atoms with van der Waals surface area (Å²) < 4.78 is 0. The van der Waals surface area contributed by atoms with Gasteiger partial charge in [-0.15, -0.1) is 0 Å². The van der Waals surface area contributed by atoms with E-state index in [0.717, 1.165) is 5.39 Å². The Morgan fingerprint density at radius 2 is 1.68 bits per heavy atom. The van der Waals surface area contributed by atoms with Crippen molar-refractivity contribution in [2.75, 3.05) is 0 Å². The highest BCUT2D eigenvalue weighted by atomic mass is 35.5. The molecule has 0 saturated heterocycles. The van der Waals surface area contributed by atoms with Gasteiger partial charge in [-0.3, -0.25) is 4.79 Å². The molecule has 0 aliphatic rings. The van der Waals surface area contributed by atoms with Gasteiger partial charge in [0.1, 0.15) is 5.69 Å². The second kappa shape index (κ2) is 4.68. The fourth-order valence-electron chi connectivity index (χ4n) is 2.01. The predicted octanol–water partition coefficient (Wildman–Crippen LogP) is 3.90. The van der Waals surface area contributed by atoms with Gasteiger partial charge >= 0.3 is 0 Å². The van der Waals surface area contributed by atoms with Crippen LogP contribution in [0.4, 0.5) is 0 Å². The van der Waals surface area contributed by atoms with Gasteiger partial charge in [0.15, 0.2) is 0 Å². The van der Waals surface area contributed by atoms with Crippen molar-refractivity contribution < 1.29 is 0 Å². The first kappa shape index (κ1) is 12.2. The van der Waals surface area contributed by atoms with Crippen molar-refractivity contribution in [1.82, 2.24) is 10.2 Å². The van der Waals surface area contributed by atoms with E-state index in [9.17, 15) is 4.79 Å². The van der Waals surface area contributed by atoms with Gasteiger partial charge in [0.25, 0.3) is 5.56 Å². The largest absolute Gasteiger partial charge is 0.272 e. The minimum Gasteiger partial charge on any atom is -0.267 e. The standard InChI is InChI=1S/C14H8Cl2N2O/c15-11-7-3-6-10(12(11)16)13-8-4-1-2-5-9(8)14(19)18-17-13/h1-7H,(H,18,19). The number of hydrogen-bond donors (Lipinski definition) is 1. The second-order valence-corrected chi connectivity index (χ2v) is 4.83. The van der Waals surface area contributed by atoms with E-state index in [1.807, 2.05) is 18.2 Å². The summed E-state index contributed by atoms with van der Waals surface area (Å²) in [7, 11) is 0. The van der Waals surface area contributed by atoms with Crippen molar-refractivity contribution in [3.05, 3.63) is 62.9 Å². The van der Waals surface area contributed by atoms with E-state index < -0.39 is 0 Å². The monoisotopic (exact) mass is 290 g/mol. The molecular formula is C14H8Cl2N2O. The number of benzene rings is 2. The molecule has 0 aliphatic heterocycles. The minimum atomic E-state index is -0.225. The van der Waals surface area contributed by atoms with Crippen molar-refractivity contribution in [2.45, 2.75) is 0 Å². The summed E-state index contributed by atoms with van der Waals surface area (Å²) in [5.41, 5.74) is 1.09. The van der Waals surface area contributed by atoms with E-state index in [1.54, 1.807) is 24.3 Å². The van der Waals surface area contributed by atoms with Gasteiger partial charge in [0.2, 0.25) is 0 Å². The molecule has 0 bridgehead atoms. The van der Waals surface area contributed by atoms with Crippen LogP contribution in [0.2, 0.25) is 10.0 Å². The van der Waals surface area contributed by atoms with Crippen LogP contribution in [-0.2, 0) is 0 Å². The lowest BCUT2D eigenvalue weighted by molar-refractivity contribution is 1.02. The number of fused-ring (bicyclic) bond motifs is 1. The first-order chi connectivity index (χ1) is 9.18. The van der Waals surface area contributed by atoms with Crippen molar-refractivity contribution in [3.8, 4) is 11.3 Å². The highest BCUT2D eigenvalue weighted by molar-refractivity contribution is 6.43. The van der Waals surface area contributed by atoms with Crippen molar-refractivity contribution in [3.63, 3.8) is 0 Å². The summed E-state index contributed by atoms with van der Waals surface area (Å²) in [5, 5.41) is 8.78. The van der Waals surface area contributed by atoms with E-state index in [0.29, 0.717) is 26.7 Å². The maximum atomic E-state index is 11.7. The van der Waals surface area contributed by atoms with Crippen LogP contribution in [0.15, 0.2) is 47.3 Å². The SMILES string of the molecule is O=c1[nH]nc(-c2cccc(Cl)c2Cl)c2ccccc12. The summed E-state index contributed by atoms with van der Waals surface area (Å²) >= 11 is 12.2. The highest BCUT2D eigenvalue weighted by Gasteiger charge is 2.12. The van der Waals surface area contributed by atoms with Crippen molar-refractivity contribution in [2.24, 2.45) is 0 Å². The third-order valence-electron chi connectivity index (χ3n) is 2.90. The molecule has 0 fully saturated rings. The summed E-state index contributed by atoms with van der Waals surface area (Å²) in [6.45, 7) is 0. The van der Waals surface area contributed by atoms with E-state index in [2.05, 4.69) is 10.2 Å². The fourth-order valence-corrected chi connectivity index (χ4v) is 2.40. The summed E-state index contributed by atoms with van der Waals surface area (Å²) in [5.74, 6) is 0. The normalized spacial score (nSPS) is 10.8. The van der Waals surface area contributed by atoms with Crippen LogP contribution in [0.25, 0.3) is 22.0 Å². The van der Waals surface area contributed by atoms with Crippen LogP contribution >= 0.6 is 23.2 Å². The van der Waals surface area contributed by atoms with Crippen molar-refractivity contribution in [1.29, 1.82) is 0 Å². The lowest BCUT2D eigenvalue weighted by Gasteiger charge is -2.07. The lowest BCUT2D eigenvalue weighted by Crippen LogP contribution is -2.09. The molecule has 0 unspecified atom stereocenters. The molecule has 94 valence electrons. The first-order valence-corrected chi connectivity index (χ1v) is 6.36. The lowest BCUT2D eigenvalue weighted by atomic mass is 10.1. The number of rotatable bonds is 1. The van der Waals surface area contributed by atoms with Crippen molar-refractivity contribution >= 4 is 34.0 Å². The molecule has 3 aromatic rings. The molecule has 1 aromatic heterocycles. The number of aromatic amines is 1. The average molecular weight is 291 g/mol. The van der Waals surface area contributed by atoms with Crippen LogP contribution in [0.5, 0.6) is 0 Å². The van der Waals surface area contributed by atoms with Gasteiger partial charge in [0, 0.05) is 10.9 Å². The van der Waals surface area contributed by atoms with E-state index >= 15 is 0 Å². The number of nitrogens with zero attached hydrogens (tertiary/aromatic N) is 1. The molecule has 0 spiro atoms. The highest BCUT2D eigenvalue weighted by Crippen LogP contribution is 2.34. The van der Waals surface area contributed by atoms with Crippen LogP contribution < -0.4 is 5.56 Å². The maximum Gasteiger partial charge on any atom is 0.272 e. The van der Waals surface area contributed by atoms with E-state index in [4.69, 9.17) is 23.2 Å². The Hall–Kier alpha value is -1.84. The quantitative estimate of drug-likeness (QED) is 0.739. The molecule has 0 saturated carbocycles. The molecule has 0 amide bonds. The molecule has 3 rings (SSSR count). The van der Waals surface area contributed by atoms with Gasteiger partial charge in [-0.25, -0.2) is 5.10 Å². The third-order valence-corrected chi connectivity index (χ3v) is 3.72. The van der Waals surface area contributed by atoms with Crippen LogP contribution in [0, 0.1) is 0 Å². The molecule has 0 aliphatic carbocycles. The summed E-state index contributed by atoms with van der Waals surface area (Å²) in [6, 6.07) is 12.6. The van der Waals surface area contributed by atoms with Gasteiger partial charge in [0.05, 0.1) is 15.4 Å². The fraction of sp³-hybridized carbons (Fsp3) is 0. The van der Waals surface area contributed by atoms with E-state index in [1.165, 1.54) is 0 Å². The Kier molecular flexibility index (Phi) is 3.01. The molecule has 5 heteroatoms. The molecule has 1 N–H and O–H groups in total. The maximum absolute atomic E-state index is 11.7. The molecule has 3 nitrogen and oxygen atoms in total. The third kappa shape index (κ3) is 2.01. The van der Waals surface area contributed by atoms with Crippen LogP contribution in [0.1, 0.15) is 0 Å². The number of H-pyrrole nitrogens is 1. The van der Waals surface area contributed by atoms with Gasteiger partial charge in [-0.05, 0) is 12.1 Å². The predicted molar refractivity (Wildman–Crippen MR) is 77.8 cm³/mol. The molecule has 0 radical (unpaired) electrons. The molecule has 19 heavy (non-hydrogen) atoms. The zero-order valence-electron chi connectivity index (χ0n) is 9.65. The summed E-state index contributed by atoms with van der Waals surface area (Å²) in [4.78, 5) is 11.7. The van der Waals surface area contributed by atoms with Gasteiger partial charge < -0.3 is 0 Å².